The fourth-order valence-electron chi connectivity index (χ4n) is 3.73. The van der Waals surface area contributed by atoms with Gasteiger partial charge in [0, 0.05) is 60.2 Å². The molecule has 150 valence electrons. The summed E-state index contributed by atoms with van der Waals surface area (Å²) in [6, 6.07) is 13.2. The highest BCUT2D eigenvalue weighted by Crippen LogP contribution is 2.29. The predicted molar refractivity (Wildman–Crippen MR) is 113 cm³/mol. The first-order valence-corrected chi connectivity index (χ1v) is 9.92. The van der Waals surface area contributed by atoms with Crippen LogP contribution in [0.1, 0.15) is 24.1 Å². The molecule has 1 aliphatic heterocycles. The number of H-pyrrole nitrogens is 1. The second-order valence-electron chi connectivity index (χ2n) is 7.09. The van der Waals surface area contributed by atoms with Gasteiger partial charge in [0.05, 0.1) is 12.1 Å². The van der Waals surface area contributed by atoms with Gasteiger partial charge >= 0.3 is 0 Å². The summed E-state index contributed by atoms with van der Waals surface area (Å²) in [6.07, 6.45) is 1.10. The Morgan fingerprint density at radius 3 is 2.83 bits per heavy atom. The maximum Gasteiger partial charge on any atom is 0.224 e. The molecule has 0 unspecified atom stereocenters. The highest BCUT2D eigenvalue weighted by molar-refractivity contribution is 6.32. The highest BCUT2D eigenvalue weighted by Gasteiger charge is 2.24. The summed E-state index contributed by atoms with van der Waals surface area (Å²) in [6.45, 7) is 1.24. The number of halogens is 1. The number of anilines is 1. The fraction of sp³-hybridized carbons (Fsp3) is 0.273. The van der Waals surface area contributed by atoms with E-state index in [1.165, 1.54) is 18.4 Å². The second kappa shape index (κ2) is 8.17. The Hall–Kier alpha value is -2.99. The molecule has 2 heterocycles. The summed E-state index contributed by atoms with van der Waals surface area (Å²) < 4.78 is 5.10. The van der Waals surface area contributed by atoms with Crippen molar-refractivity contribution in [3.05, 3.63) is 58.7 Å². The van der Waals surface area contributed by atoms with Gasteiger partial charge in [-0.3, -0.25) is 9.59 Å². The molecular weight excluding hydrogens is 390 g/mol. The van der Waals surface area contributed by atoms with Crippen molar-refractivity contribution in [1.29, 1.82) is 0 Å². The number of benzene rings is 2. The van der Waals surface area contributed by atoms with Gasteiger partial charge in [0.2, 0.25) is 11.8 Å². The number of fused-ring (bicyclic) bond motifs is 3. The average Bonchev–Trinajstić information content (AvgIpc) is 3.10. The third-order valence-electron chi connectivity index (χ3n) is 5.24. The quantitative estimate of drug-likeness (QED) is 0.662. The van der Waals surface area contributed by atoms with E-state index < -0.39 is 0 Å². The molecule has 3 aromatic rings. The van der Waals surface area contributed by atoms with Crippen LogP contribution in [-0.2, 0) is 22.6 Å². The number of carbonyl (C=O) groups excluding carboxylic acids is 2. The van der Waals surface area contributed by atoms with Crippen LogP contribution >= 0.6 is 11.6 Å². The van der Waals surface area contributed by atoms with Crippen LogP contribution < -0.4 is 10.1 Å². The monoisotopic (exact) mass is 411 g/mol. The van der Waals surface area contributed by atoms with Gasteiger partial charge in [-0.25, -0.2) is 0 Å². The molecule has 0 spiro atoms. The zero-order valence-electron chi connectivity index (χ0n) is 16.1. The fourth-order valence-corrected chi connectivity index (χ4v) is 3.98. The molecule has 0 radical (unpaired) electrons. The van der Waals surface area contributed by atoms with Crippen molar-refractivity contribution < 1.29 is 14.3 Å². The van der Waals surface area contributed by atoms with Gasteiger partial charge in [0.15, 0.2) is 0 Å². The number of nitrogens with one attached hydrogen (secondary N) is 2. The van der Waals surface area contributed by atoms with Crippen LogP contribution in [0.5, 0.6) is 5.75 Å². The van der Waals surface area contributed by atoms with Crippen molar-refractivity contribution in [2.75, 3.05) is 19.0 Å². The van der Waals surface area contributed by atoms with E-state index in [2.05, 4.69) is 22.4 Å². The van der Waals surface area contributed by atoms with E-state index in [9.17, 15) is 9.59 Å². The Morgan fingerprint density at radius 1 is 1.21 bits per heavy atom. The lowest BCUT2D eigenvalue weighted by atomic mass is 10.0. The van der Waals surface area contributed by atoms with Crippen molar-refractivity contribution in [2.24, 2.45) is 0 Å². The first-order chi connectivity index (χ1) is 14.0. The molecule has 0 aliphatic carbocycles. The Balaban J connectivity index is 1.34. The average molecular weight is 412 g/mol. The lowest BCUT2D eigenvalue weighted by molar-refractivity contribution is -0.133. The zero-order chi connectivity index (χ0) is 20.4. The van der Waals surface area contributed by atoms with Gasteiger partial charge in [-0.15, -0.1) is 0 Å². The first-order valence-electron chi connectivity index (χ1n) is 9.55. The summed E-state index contributed by atoms with van der Waals surface area (Å²) in [5.74, 6) is 0.315. The topological polar surface area (TPSA) is 74.4 Å². The van der Waals surface area contributed by atoms with Gasteiger partial charge in [0.1, 0.15) is 5.75 Å². The van der Waals surface area contributed by atoms with Crippen molar-refractivity contribution >= 4 is 40.0 Å². The predicted octanol–water partition coefficient (Wildman–Crippen LogP) is 4.13. The number of amides is 2. The van der Waals surface area contributed by atoms with Gasteiger partial charge in [-0.05, 0) is 24.3 Å². The van der Waals surface area contributed by atoms with Gasteiger partial charge in [0.25, 0.3) is 0 Å². The molecule has 29 heavy (non-hydrogen) atoms. The van der Waals surface area contributed by atoms with E-state index in [1.54, 1.807) is 18.2 Å². The number of para-hydroxylation sites is 1. The molecule has 1 aliphatic rings. The molecular formula is C22H22ClN3O3. The van der Waals surface area contributed by atoms with Gasteiger partial charge in [-0.1, -0.05) is 29.8 Å². The maximum atomic E-state index is 12.7. The molecule has 0 saturated carbocycles. The van der Waals surface area contributed by atoms with Crippen molar-refractivity contribution in [3.63, 3.8) is 0 Å². The number of aromatic amines is 1. The zero-order valence-corrected chi connectivity index (χ0v) is 16.9. The lowest BCUT2D eigenvalue weighted by Gasteiger charge is -2.27. The lowest BCUT2D eigenvalue weighted by Crippen LogP contribution is -2.36. The standard InChI is InChI=1S/C22H22ClN3O3/c1-29-20-7-6-14(12-17(20)23)24-21(27)8-9-22(28)26-11-10-19-16(13-26)15-4-2-3-5-18(15)25-19/h2-7,12,25H,8-11,13H2,1H3,(H,24,27). The number of aromatic nitrogens is 1. The number of nitrogens with zero attached hydrogens (tertiary/aromatic N) is 1. The van der Waals surface area contributed by atoms with E-state index in [1.807, 2.05) is 17.0 Å². The van der Waals surface area contributed by atoms with Crippen LogP contribution in [0, 0.1) is 0 Å². The van der Waals surface area contributed by atoms with Gasteiger partial charge < -0.3 is 19.9 Å². The minimum Gasteiger partial charge on any atom is -0.495 e. The summed E-state index contributed by atoms with van der Waals surface area (Å²) >= 11 is 6.08. The van der Waals surface area contributed by atoms with Crippen LogP contribution in [-0.4, -0.2) is 35.4 Å². The van der Waals surface area contributed by atoms with E-state index in [4.69, 9.17) is 16.3 Å². The minimum atomic E-state index is -0.218. The maximum absolute atomic E-state index is 12.7. The molecule has 2 aromatic carbocycles. The van der Waals surface area contributed by atoms with E-state index in [0.29, 0.717) is 29.5 Å². The van der Waals surface area contributed by atoms with E-state index in [0.717, 1.165) is 17.3 Å². The van der Waals surface area contributed by atoms with Crippen LogP contribution in [0.3, 0.4) is 0 Å². The minimum absolute atomic E-state index is 0.0103. The number of ether oxygens (including phenoxy) is 1. The summed E-state index contributed by atoms with van der Waals surface area (Å²) in [5.41, 5.74) is 4.06. The number of hydrogen-bond donors (Lipinski definition) is 2. The van der Waals surface area contributed by atoms with E-state index in [-0.39, 0.29) is 24.7 Å². The van der Waals surface area contributed by atoms with Crippen molar-refractivity contribution in [3.8, 4) is 5.75 Å². The van der Waals surface area contributed by atoms with Crippen molar-refractivity contribution in [2.45, 2.75) is 25.8 Å². The molecule has 4 rings (SSSR count). The first kappa shape index (κ1) is 19.3. The van der Waals surface area contributed by atoms with Crippen LogP contribution in [0.15, 0.2) is 42.5 Å². The smallest absolute Gasteiger partial charge is 0.224 e. The Kier molecular flexibility index (Phi) is 5.45. The molecule has 0 fully saturated rings. The molecule has 2 amide bonds. The Labute approximate surface area is 173 Å². The molecule has 0 atom stereocenters. The molecule has 0 saturated heterocycles. The van der Waals surface area contributed by atoms with Crippen LogP contribution in [0.2, 0.25) is 5.02 Å². The normalized spacial score (nSPS) is 13.2. The third kappa shape index (κ3) is 4.07. The summed E-state index contributed by atoms with van der Waals surface area (Å²) in [7, 11) is 1.53. The summed E-state index contributed by atoms with van der Waals surface area (Å²) in [4.78, 5) is 30.2. The van der Waals surface area contributed by atoms with E-state index >= 15 is 0 Å². The number of rotatable bonds is 5. The van der Waals surface area contributed by atoms with Gasteiger partial charge in [-0.2, -0.15) is 0 Å². The van der Waals surface area contributed by atoms with Crippen LogP contribution in [0.4, 0.5) is 5.69 Å². The largest absolute Gasteiger partial charge is 0.495 e. The Bertz CT molecular complexity index is 1080. The molecule has 7 heteroatoms. The molecule has 2 N–H and O–H groups in total. The van der Waals surface area contributed by atoms with Crippen LogP contribution in [0.25, 0.3) is 10.9 Å². The molecule has 0 bridgehead atoms. The number of carbonyl (C=O) groups is 2. The number of methoxy groups -OCH3 is 1. The SMILES string of the molecule is COc1ccc(NC(=O)CCC(=O)N2CCc3[nH]c4ccccc4c3C2)cc1Cl. The molecule has 6 nitrogen and oxygen atoms in total. The van der Waals surface area contributed by atoms with Crippen molar-refractivity contribution in [1.82, 2.24) is 9.88 Å². The Morgan fingerprint density at radius 2 is 2.03 bits per heavy atom. The highest BCUT2D eigenvalue weighted by atomic mass is 35.5. The second-order valence-corrected chi connectivity index (χ2v) is 7.50. The summed E-state index contributed by atoms with van der Waals surface area (Å²) in [5, 5.41) is 4.36. The number of hydrogen-bond acceptors (Lipinski definition) is 3. The third-order valence-corrected chi connectivity index (χ3v) is 5.53. The molecule has 1 aromatic heterocycles.